The van der Waals surface area contributed by atoms with Gasteiger partial charge in [-0.3, -0.25) is 4.90 Å². The fourth-order valence-corrected chi connectivity index (χ4v) is 3.52. The van der Waals surface area contributed by atoms with Gasteiger partial charge in [0, 0.05) is 30.2 Å². The molecule has 5 nitrogen and oxygen atoms in total. The van der Waals surface area contributed by atoms with E-state index in [1.165, 1.54) is 6.07 Å². The van der Waals surface area contributed by atoms with Crippen LogP contribution in [0.4, 0.5) is 4.39 Å². The molecule has 0 aliphatic carbocycles. The van der Waals surface area contributed by atoms with Gasteiger partial charge in [0.1, 0.15) is 5.82 Å². The van der Waals surface area contributed by atoms with Crippen LogP contribution in [0.1, 0.15) is 23.7 Å². The van der Waals surface area contributed by atoms with E-state index < -0.39 is 0 Å². The fraction of sp³-hybridized carbons (Fsp3) is 0.467. The zero-order valence-corrected chi connectivity index (χ0v) is 12.7. The Bertz CT molecular complexity index is 672. The monoisotopic (exact) mass is 322 g/mol. The minimum atomic E-state index is -0.254. The smallest absolute Gasteiger partial charge is 0.129 e. The molecule has 0 radical (unpaired) electrons. The van der Waals surface area contributed by atoms with E-state index in [1.54, 1.807) is 18.3 Å². The van der Waals surface area contributed by atoms with Crippen molar-refractivity contribution in [2.75, 3.05) is 13.1 Å². The van der Waals surface area contributed by atoms with Crippen molar-refractivity contribution in [3.05, 3.63) is 46.5 Å². The number of likely N-dealkylation sites (tertiary alicyclic amines) is 1. The largest absolute Gasteiger partial charge is 0.370 e. The Balaban J connectivity index is 1.55. The first-order chi connectivity index (χ1) is 10.7. The van der Waals surface area contributed by atoms with Crippen molar-refractivity contribution >= 4 is 11.6 Å². The molecular weight excluding hydrogens is 307 g/mol. The molecule has 0 spiro atoms. The number of benzene rings is 1. The van der Waals surface area contributed by atoms with E-state index in [2.05, 4.69) is 15.2 Å². The van der Waals surface area contributed by atoms with E-state index in [9.17, 15) is 4.39 Å². The molecule has 0 N–H and O–H groups in total. The summed E-state index contributed by atoms with van der Waals surface area (Å²) >= 11 is 6.13. The molecule has 2 aliphatic heterocycles. The normalized spacial score (nSPS) is 24.8. The van der Waals surface area contributed by atoms with Gasteiger partial charge in [-0.1, -0.05) is 22.9 Å². The summed E-state index contributed by atoms with van der Waals surface area (Å²) in [7, 11) is 0. The first-order valence-electron chi connectivity index (χ1n) is 7.38. The number of ether oxygens (including phenoxy) is 1. The van der Waals surface area contributed by atoms with E-state index in [-0.39, 0.29) is 18.0 Å². The van der Waals surface area contributed by atoms with Crippen LogP contribution in [0.3, 0.4) is 0 Å². The molecule has 3 heterocycles. The molecule has 116 valence electrons. The van der Waals surface area contributed by atoms with Crippen molar-refractivity contribution in [2.45, 2.75) is 31.7 Å². The SMILES string of the molecule is Fc1cccc(Cl)c1CN1CC[C@H]2OCc3cnnn3[C@@H]2C1. The Hall–Kier alpha value is -1.50. The molecule has 1 saturated heterocycles. The third-order valence-electron chi connectivity index (χ3n) is 4.46. The van der Waals surface area contributed by atoms with Gasteiger partial charge in [0.25, 0.3) is 0 Å². The molecule has 4 rings (SSSR count). The standard InChI is InChI=1S/C15H16ClFN4O/c16-12-2-1-3-13(17)11(12)7-20-5-4-15-14(8-20)21-10(9-22-15)6-18-19-21/h1-3,6,14-15H,4-5,7-9H2/t14-,15-/m1/s1. The molecule has 22 heavy (non-hydrogen) atoms. The third-order valence-corrected chi connectivity index (χ3v) is 4.81. The van der Waals surface area contributed by atoms with Crippen LogP contribution in [0.5, 0.6) is 0 Å². The number of rotatable bonds is 2. The van der Waals surface area contributed by atoms with Gasteiger partial charge >= 0.3 is 0 Å². The average Bonchev–Trinajstić information content (AvgIpc) is 3.00. The van der Waals surface area contributed by atoms with Crippen molar-refractivity contribution in [3.8, 4) is 0 Å². The highest BCUT2D eigenvalue weighted by Crippen LogP contribution is 2.31. The molecule has 1 aromatic heterocycles. The summed E-state index contributed by atoms with van der Waals surface area (Å²) in [6, 6.07) is 4.94. The lowest BCUT2D eigenvalue weighted by atomic mass is 10.00. The number of aromatic nitrogens is 3. The summed E-state index contributed by atoms with van der Waals surface area (Å²) in [5.41, 5.74) is 1.55. The van der Waals surface area contributed by atoms with E-state index in [4.69, 9.17) is 16.3 Å². The van der Waals surface area contributed by atoms with Gasteiger partial charge < -0.3 is 4.74 Å². The Morgan fingerprint density at radius 1 is 1.41 bits per heavy atom. The quantitative estimate of drug-likeness (QED) is 0.851. The maximum atomic E-state index is 14.0. The summed E-state index contributed by atoms with van der Waals surface area (Å²) in [5.74, 6) is -0.254. The Morgan fingerprint density at radius 3 is 3.18 bits per heavy atom. The average molecular weight is 323 g/mol. The second-order valence-electron chi connectivity index (χ2n) is 5.81. The Morgan fingerprint density at radius 2 is 2.32 bits per heavy atom. The van der Waals surface area contributed by atoms with Gasteiger partial charge in [0.2, 0.25) is 0 Å². The van der Waals surface area contributed by atoms with Crippen LogP contribution in [-0.4, -0.2) is 39.1 Å². The van der Waals surface area contributed by atoms with Crippen LogP contribution in [0.15, 0.2) is 24.4 Å². The lowest BCUT2D eigenvalue weighted by Crippen LogP contribution is -2.47. The zero-order valence-electron chi connectivity index (χ0n) is 12.0. The Kier molecular flexibility index (Phi) is 3.60. The second kappa shape index (κ2) is 5.61. The summed E-state index contributed by atoms with van der Waals surface area (Å²) in [4.78, 5) is 2.20. The fourth-order valence-electron chi connectivity index (χ4n) is 3.30. The van der Waals surface area contributed by atoms with Gasteiger partial charge in [-0.25, -0.2) is 9.07 Å². The van der Waals surface area contributed by atoms with Gasteiger partial charge in [0.05, 0.1) is 30.6 Å². The Labute approximate surface area is 132 Å². The topological polar surface area (TPSA) is 43.2 Å². The van der Waals surface area contributed by atoms with Gasteiger partial charge in [-0.15, -0.1) is 5.10 Å². The predicted octanol–water partition coefficient (Wildman–Crippen LogP) is 2.42. The molecule has 2 aromatic rings. The van der Waals surface area contributed by atoms with Crippen molar-refractivity contribution < 1.29 is 9.13 Å². The predicted molar refractivity (Wildman–Crippen MR) is 78.9 cm³/mol. The van der Waals surface area contributed by atoms with Gasteiger partial charge in [0.15, 0.2) is 0 Å². The number of hydrogen-bond donors (Lipinski definition) is 0. The summed E-state index contributed by atoms with van der Waals surface area (Å²) < 4.78 is 21.8. The van der Waals surface area contributed by atoms with Crippen molar-refractivity contribution in [1.82, 2.24) is 19.9 Å². The minimum Gasteiger partial charge on any atom is -0.370 e. The molecule has 2 aliphatic rings. The van der Waals surface area contributed by atoms with Crippen LogP contribution in [0.2, 0.25) is 5.02 Å². The molecule has 7 heteroatoms. The highest BCUT2D eigenvalue weighted by molar-refractivity contribution is 6.31. The zero-order chi connectivity index (χ0) is 15.1. The first-order valence-corrected chi connectivity index (χ1v) is 7.76. The van der Waals surface area contributed by atoms with Gasteiger partial charge in [-0.2, -0.15) is 0 Å². The minimum absolute atomic E-state index is 0.130. The summed E-state index contributed by atoms with van der Waals surface area (Å²) in [6.07, 6.45) is 2.79. The number of fused-ring (bicyclic) bond motifs is 3. The van der Waals surface area contributed by atoms with Crippen molar-refractivity contribution in [1.29, 1.82) is 0 Å². The third kappa shape index (κ3) is 2.41. The molecule has 0 bridgehead atoms. The van der Waals surface area contributed by atoms with Crippen LogP contribution in [0, 0.1) is 5.82 Å². The van der Waals surface area contributed by atoms with E-state index >= 15 is 0 Å². The second-order valence-corrected chi connectivity index (χ2v) is 6.22. The maximum Gasteiger partial charge on any atom is 0.129 e. The van der Waals surface area contributed by atoms with Crippen LogP contribution in [0.25, 0.3) is 0 Å². The van der Waals surface area contributed by atoms with Gasteiger partial charge in [-0.05, 0) is 18.6 Å². The highest BCUT2D eigenvalue weighted by Gasteiger charge is 2.36. The number of halogens is 2. The molecule has 1 aromatic carbocycles. The van der Waals surface area contributed by atoms with E-state index in [1.807, 2.05) is 4.68 Å². The van der Waals surface area contributed by atoms with Crippen molar-refractivity contribution in [2.24, 2.45) is 0 Å². The lowest BCUT2D eigenvalue weighted by molar-refractivity contribution is -0.0670. The van der Waals surface area contributed by atoms with Crippen LogP contribution in [-0.2, 0) is 17.9 Å². The molecule has 1 fully saturated rings. The molecular formula is C15H16ClFN4O. The maximum absolute atomic E-state index is 14.0. The van der Waals surface area contributed by atoms with E-state index in [0.29, 0.717) is 23.7 Å². The number of nitrogens with zero attached hydrogens (tertiary/aromatic N) is 4. The van der Waals surface area contributed by atoms with Crippen molar-refractivity contribution in [3.63, 3.8) is 0 Å². The van der Waals surface area contributed by atoms with Crippen LogP contribution < -0.4 is 0 Å². The number of piperidine rings is 1. The van der Waals surface area contributed by atoms with E-state index in [0.717, 1.165) is 25.2 Å². The molecule has 0 unspecified atom stereocenters. The number of hydrogen-bond acceptors (Lipinski definition) is 4. The lowest BCUT2D eigenvalue weighted by Gasteiger charge is -2.41. The molecule has 2 atom stereocenters. The molecule has 0 amide bonds. The molecule has 0 saturated carbocycles. The first kappa shape index (κ1) is 14.1. The summed E-state index contributed by atoms with van der Waals surface area (Å²) in [5, 5.41) is 8.62. The highest BCUT2D eigenvalue weighted by atomic mass is 35.5. The summed E-state index contributed by atoms with van der Waals surface area (Å²) in [6.45, 7) is 2.67. The van der Waals surface area contributed by atoms with Crippen LogP contribution >= 0.6 is 11.6 Å².